The SMILES string of the molecule is C=C(C(N)=O)N1CCN(Cc2nc3nc(-c4c(F)ccc5[nH]ccc45)nc(N4CCOCC4)c3s2)CC1. The van der Waals surface area contributed by atoms with Gasteiger partial charge in [-0.3, -0.25) is 9.69 Å². The number of halogens is 1. The summed E-state index contributed by atoms with van der Waals surface area (Å²) < 4.78 is 21.6. The number of piperazine rings is 1. The Kier molecular flexibility index (Phi) is 6.22. The number of rotatable bonds is 6. The van der Waals surface area contributed by atoms with E-state index in [-0.39, 0.29) is 5.82 Å². The lowest BCUT2D eigenvalue weighted by Crippen LogP contribution is -2.47. The molecular weight excluding hydrogens is 495 g/mol. The highest BCUT2D eigenvalue weighted by Gasteiger charge is 2.25. The van der Waals surface area contributed by atoms with Crippen molar-refractivity contribution in [2.24, 2.45) is 5.73 Å². The van der Waals surface area contributed by atoms with Crippen LogP contribution in [-0.4, -0.2) is 88.1 Å². The molecule has 0 radical (unpaired) electrons. The average molecular weight is 523 g/mol. The smallest absolute Gasteiger partial charge is 0.264 e. The van der Waals surface area contributed by atoms with Gasteiger partial charge in [0.05, 0.1) is 31.0 Å². The molecular formula is C25H27FN8O2S. The monoisotopic (exact) mass is 522 g/mol. The molecule has 3 N–H and O–H groups in total. The van der Waals surface area contributed by atoms with Crippen molar-refractivity contribution in [3.8, 4) is 11.4 Å². The lowest BCUT2D eigenvalue weighted by molar-refractivity contribution is -0.116. The first-order valence-corrected chi connectivity index (χ1v) is 13.0. The molecule has 0 unspecified atom stereocenters. The molecule has 2 saturated heterocycles. The number of amides is 1. The molecule has 1 amide bonds. The van der Waals surface area contributed by atoms with Gasteiger partial charge in [0.25, 0.3) is 5.91 Å². The molecule has 0 saturated carbocycles. The van der Waals surface area contributed by atoms with Gasteiger partial charge in [-0.25, -0.2) is 19.3 Å². The van der Waals surface area contributed by atoms with Crippen LogP contribution >= 0.6 is 11.3 Å². The molecule has 0 atom stereocenters. The molecule has 6 rings (SSSR count). The maximum atomic E-state index is 15.1. The van der Waals surface area contributed by atoms with E-state index in [9.17, 15) is 4.79 Å². The van der Waals surface area contributed by atoms with Crippen molar-refractivity contribution in [2.45, 2.75) is 6.54 Å². The van der Waals surface area contributed by atoms with Crippen molar-refractivity contribution in [1.29, 1.82) is 0 Å². The molecule has 12 heteroatoms. The lowest BCUT2D eigenvalue weighted by atomic mass is 10.1. The van der Waals surface area contributed by atoms with Crippen molar-refractivity contribution in [3.05, 3.63) is 47.5 Å². The fourth-order valence-electron chi connectivity index (χ4n) is 4.88. The molecule has 4 aromatic rings. The number of thiazole rings is 1. The third-order valence-corrected chi connectivity index (χ3v) is 7.92. The summed E-state index contributed by atoms with van der Waals surface area (Å²) in [6.07, 6.45) is 1.79. The number of aromatic nitrogens is 4. The zero-order valence-electron chi connectivity index (χ0n) is 20.2. The number of primary amides is 1. The average Bonchev–Trinajstić information content (AvgIpc) is 3.55. The molecule has 0 aliphatic carbocycles. The molecule has 1 aromatic carbocycles. The van der Waals surface area contributed by atoms with Gasteiger partial charge in [-0.15, -0.1) is 11.3 Å². The van der Waals surface area contributed by atoms with Gasteiger partial charge >= 0.3 is 0 Å². The van der Waals surface area contributed by atoms with Crippen LogP contribution in [0, 0.1) is 5.82 Å². The molecule has 2 aliphatic rings. The van der Waals surface area contributed by atoms with E-state index < -0.39 is 5.91 Å². The fraction of sp³-hybridized carbons (Fsp3) is 0.360. The molecule has 5 heterocycles. The van der Waals surface area contributed by atoms with Gasteiger partial charge in [-0.1, -0.05) is 6.58 Å². The summed E-state index contributed by atoms with van der Waals surface area (Å²) in [5.41, 5.74) is 7.49. The summed E-state index contributed by atoms with van der Waals surface area (Å²) in [5.74, 6) is 0.232. The second kappa shape index (κ2) is 9.69. The number of H-pyrrole nitrogens is 1. The van der Waals surface area contributed by atoms with Gasteiger partial charge in [0.2, 0.25) is 0 Å². The van der Waals surface area contributed by atoms with Crippen LogP contribution in [0.25, 0.3) is 32.6 Å². The third-order valence-electron chi connectivity index (χ3n) is 6.90. The number of carbonyl (C=O) groups is 1. The van der Waals surface area contributed by atoms with E-state index in [0.29, 0.717) is 68.7 Å². The van der Waals surface area contributed by atoms with E-state index in [1.54, 1.807) is 23.6 Å². The van der Waals surface area contributed by atoms with Crippen LogP contribution in [-0.2, 0) is 16.1 Å². The van der Waals surface area contributed by atoms with Crippen molar-refractivity contribution < 1.29 is 13.9 Å². The zero-order chi connectivity index (χ0) is 25.5. The highest BCUT2D eigenvalue weighted by molar-refractivity contribution is 7.19. The number of morpholine rings is 1. The first-order valence-electron chi connectivity index (χ1n) is 12.2. The Morgan fingerprint density at radius 1 is 1.11 bits per heavy atom. The standard InChI is InChI=1S/C25H27FN8O2S/c1-15(22(27)35)33-8-6-32(7-9-33)14-19-29-24-21(37-19)25(34-10-12-36-13-11-34)31-23(30-24)20-16-4-5-28-18(16)3-2-17(20)26/h2-5,28H,1,6-14H2,(H2,27,35). The molecule has 0 bridgehead atoms. The number of carbonyl (C=O) groups excluding carboxylic acids is 1. The number of anilines is 1. The predicted molar refractivity (Wildman–Crippen MR) is 141 cm³/mol. The summed E-state index contributed by atoms with van der Waals surface area (Å²) >= 11 is 1.57. The largest absolute Gasteiger partial charge is 0.378 e. The van der Waals surface area contributed by atoms with Crippen molar-refractivity contribution in [2.75, 3.05) is 57.4 Å². The summed E-state index contributed by atoms with van der Waals surface area (Å²) in [7, 11) is 0. The van der Waals surface area contributed by atoms with Crippen LogP contribution in [0.1, 0.15) is 5.01 Å². The molecule has 10 nitrogen and oxygen atoms in total. The minimum atomic E-state index is -0.489. The minimum absolute atomic E-state index is 0.326. The second-order valence-corrected chi connectivity index (χ2v) is 10.2. The molecule has 192 valence electrons. The molecule has 3 aromatic heterocycles. The normalized spacial score (nSPS) is 17.1. The topological polar surface area (TPSA) is 117 Å². The maximum Gasteiger partial charge on any atom is 0.264 e. The summed E-state index contributed by atoms with van der Waals surface area (Å²) in [5, 5.41) is 1.65. The van der Waals surface area contributed by atoms with Gasteiger partial charge in [0, 0.05) is 56.4 Å². The first-order chi connectivity index (χ1) is 18.0. The van der Waals surface area contributed by atoms with Gasteiger partial charge in [0.1, 0.15) is 15.5 Å². The summed E-state index contributed by atoms with van der Waals surface area (Å²) in [6.45, 7) is 9.92. The first kappa shape index (κ1) is 23.8. The summed E-state index contributed by atoms with van der Waals surface area (Å²) in [6, 6.07) is 5.00. The molecule has 2 aliphatic heterocycles. The van der Waals surface area contributed by atoms with Crippen LogP contribution in [0.15, 0.2) is 36.7 Å². The highest BCUT2D eigenvalue weighted by atomic mass is 32.1. The van der Waals surface area contributed by atoms with Crippen LogP contribution in [0.5, 0.6) is 0 Å². The molecule has 37 heavy (non-hydrogen) atoms. The van der Waals surface area contributed by atoms with E-state index in [0.717, 1.165) is 39.5 Å². The Labute approximate surface area is 216 Å². The van der Waals surface area contributed by atoms with Gasteiger partial charge in [0.15, 0.2) is 17.3 Å². The Bertz CT molecular complexity index is 1490. The second-order valence-electron chi connectivity index (χ2n) is 9.17. The summed E-state index contributed by atoms with van der Waals surface area (Å²) in [4.78, 5) is 35.5. The number of ether oxygens (including phenoxy) is 1. The fourth-order valence-corrected chi connectivity index (χ4v) is 5.94. The Hall–Kier alpha value is -3.61. The molecule has 2 fully saturated rings. The maximum absolute atomic E-state index is 15.1. The van der Waals surface area contributed by atoms with Crippen molar-refractivity contribution in [3.63, 3.8) is 0 Å². The number of nitrogens with two attached hydrogens (primary N) is 1. The number of hydrogen-bond donors (Lipinski definition) is 2. The Morgan fingerprint density at radius 2 is 1.89 bits per heavy atom. The van der Waals surface area contributed by atoms with Gasteiger partial charge in [-0.05, 0) is 18.2 Å². The lowest BCUT2D eigenvalue weighted by Gasteiger charge is -2.35. The van der Waals surface area contributed by atoms with Gasteiger partial charge in [-0.2, -0.15) is 0 Å². The quantitative estimate of drug-likeness (QED) is 0.371. The number of benzene rings is 1. The van der Waals surface area contributed by atoms with Crippen molar-refractivity contribution >= 4 is 44.3 Å². The zero-order valence-corrected chi connectivity index (χ0v) is 21.1. The molecule has 0 spiro atoms. The van der Waals surface area contributed by atoms with E-state index in [2.05, 4.69) is 21.4 Å². The van der Waals surface area contributed by atoms with Gasteiger partial charge < -0.3 is 25.3 Å². The number of fused-ring (bicyclic) bond motifs is 2. The number of nitrogens with zero attached hydrogens (tertiary/aromatic N) is 6. The van der Waals surface area contributed by atoms with E-state index >= 15 is 4.39 Å². The Balaban J connectivity index is 1.35. The van der Waals surface area contributed by atoms with E-state index in [1.807, 2.05) is 11.0 Å². The highest BCUT2D eigenvalue weighted by Crippen LogP contribution is 2.36. The number of aromatic amines is 1. The third kappa shape index (κ3) is 4.52. The van der Waals surface area contributed by atoms with Crippen molar-refractivity contribution in [1.82, 2.24) is 29.7 Å². The minimum Gasteiger partial charge on any atom is -0.378 e. The van der Waals surface area contributed by atoms with E-state index in [4.69, 9.17) is 25.4 Å². The van der Waals surface area contributed by atoms with Crippen LogP contribution in [0.2, 0.25) is 0 Å². The van der Waals surface area contributed by atoms with E-state index in [1.165, 1.54) is 6.07 Å². The Morgan fingerprint density at radius 3 is 2.65 bits per heavy atom. The van der Waals surface area contributed by atoms with Crippen LogP contribution in [0.3, 0.4) is 0 Å². The number of hydrogen-bond acceptors (Lipinski definition) is 9. The predicted octanol–water partition coefficient (Wildman–Crippen LogP) is 2.33. The number of nitrogens with one attached hydrogen (secondary N) is 1. The van der Waals surface area contributed by atoms with Crippen LogP contribution < -0.4 is 10.6 Å². The van der Waals surface area contributed by atoms with Crippen LogP contribution in [0.4, 0.5) is 10.2 Å².